The van der Waals surface area contributed by atoms with Crippen LogP contribution < -0.4 is 10.6 Å². The van der Waals surface area contributed by atoms with Crippen LogP contribution in [0.4, 0.5) is 13.2 Å². The zero-order chi connectivity index (χ0) is 20.2. The molecule has 2 aromatic rings. The van der Waals surface area contributed by atoms with Crippen molar-refractivity contribution < 1.29 is 22.8 Å². The molecule has 0 aliphatic carbocycles. The minimum absolute atomic E-state index is 0.00618. The molecule has 1 aromatic heterocycles. The van der Waals surface area contributed by atoms with Gasteiger partial charge in [0.25, 0.3) is 11.8 Å². The highest BCUT2D eigenvalue weighted by Crippen LogP contribution is 2.29. The summed E-state index contributed by atoms with van der Waals surface area (Å²) in [6.45, 7) is 6.28. The second kappa shape index (κ2) is 7.81. The van der Waals surface area contributed by atoms with Crippen molar-refractivity contribution in [3.63, 3.8) is 0 Å². The normalized spacial score (nSPS) is 11.9. The van der Waals surface area contributed by atoms with Crippen LogP contribution in [-0.4, -0.2) is 28.3 Å². The molecule has 2 rings (SSSR count). The standard InChI is InChI=1S/C18H21F3N4O2/c1-17(2,3)9-23-16(27)14-13(24-10-25-14)15(26)22-8-11-4-6-12(7-5-11)18(19,20)21/h4-7,10H,8-9H2,1-3H3,(H,22,26)(H,23,27)(H,24,25). The van der Waals surface area contributed by atoms with E-state index < -0.39 is 23.6 Å². The van der Waals surface area contributed by atoms with E-state index in [4.69, 9.17) is 0 Å². The third-order valence-electron chi connectivity index (χ3n) is 3.60. The third-order valence-corrected chi connectivity index (χ3v) is 3.60. The Balaban J connectivity index is 1.99. The van der Waals surface area contributed by atoms with E-state index in [-0.39, 0.29) is 23.3 Å². The Bertz CT molecular complexity index is 805. The van der Waals surface area contributed by atoms with E-state index in [9.17, 15) is 22.8 Å². The predicted octanol–water partition coefficient (Wildman–Crippen LogP) is 3.13. The SMILES string of the molecule is CC(C)(C)CNC(=O)c1nc[nH]c1C(=O)NCc1ccc(C(F)(F)F)cc1. The van der Waals surface area contributed by atoms with E-state index in [1.165, 1.54) is 18.5 Å². The van der Waals surface area contributed by atoms with Gasteiger partial charge in [-0.15, -0.1) is 0 Å². The summed E-state index contributed by atoms with van der Waals surface area (Å²) in [6, 6.07) is 4.46. The number of hydrogen-bond donors (Lipinski definition) is 3. The average Bonchev–Trinajstić information content (AvgIpc) is 3.06. The van der Waals surface area contributed by atoms with Gasteiger partial charge in [-0.05, 0) is 23.1 Å². The van der Waals surface area contributed by atoms with Crippen molar-refractivity contribution in [3.05, 3.63) is 53.1 Å². The van der Waals surface area contributed by atoms with Crippen molar-refractivity contribution in [1.29, 1.82) is 0 Å². The maximum atomic E-state index is 12.6. The Morgan fingerprint density at radius 2 is 1.67 bits per heavy atom. The largest absolute Gasteiger partial charge is 0.416 e. The molecule has 27 heavy (non-hydrogen) atoms. The van der Waals surface area contributed by atoms with Crippen LogP contribution in [-0.2, 0) is 12.7 Å². The molecule has 1 heterocycles. The molecule has 0 spiro atoms. The summed E-state index contributed by atoms with van der Waals surface area (Å²) >= 11 is 0. The fourth-order valence-electron chi connectivity index (χ4n) is 2.15. The Morgan fingerprint density at radius 3 is 2.22 bits per heavy atom. The highest BCUT2D eigenvalue weighted by molar-refractivity contribution is 6.04. The zero-order valence-corrected chi connectivity index (χ0v) is 15.2. The Labute approximate surface area is 154 Å². The quantitative estimate of drug-likeness (QED) is 0.743. The fraction of sp³-hybridized carbons (Fsp3) is 0.389. The number of aromatic amines is 1. The van der Waals surface area contributed by atoms with Gasteiger partial charge in [-0.1, -0.05) is 32.9 Å². The monoisotopic (exact) mass is 382 g/mol. The molecule has 0 aliphatic heterocycles. The fourth-order valence-corrected chi connectivity index (χ4v) is 2.15. The first-order chi connectivity index (χ1) is 12.5. The number of benzene rings is 1. The number of carbonyl (C=O) groups excluding carboxylic acids is 2. The van der Waals surface area contributed by atoms with E-state index in [1.807, 2.05) is 20.8 Å². The van der Waals surface area contributed by atoms with Crippen LogP contribution >= 0.6 is 0 Å². The second-order valence-corrected chi connectivity index (χ2v) is 7.25. The molecular weight excluding hydrogens is 361 g/mol. The van der Waals surface area contributed by atoms with Gasteiger partial charge in [0.1, 0.15) is 5.69 Å². The van der Waals surface area contributed by atoms with Crippen molar-refractivity contribution in [3.8, 4) is 0 Å². The summed E-state index contributed by atoms with van der Waals surface area (Å²) in [5, 5.41) is 5.26. The van der Waals surface area contributed by atoms with Gasteiger partial charge in [-0.2, -0.15) is 13.2 Å². The average molecular weight is 382 g/mol. The number of rotatable bonds is 5. The molecule has 0 radical (unpaired) electrons. The predicted molar refractivity (Wildman–Crippen MR) is 93.0 cm³/mol. The van der Waals surface area contributed by atoms with E-state index >= 15 is 0 Å². The van der Waals surface area contributed by atoms with Crippen LogP contribution in [0.3, 0.4) is 0 Å². The number of amides is 2. The lowest BCUT2D eigenvalue weighted by atomic mass is 9.97. The lowest BCUT2D eigenvalue weighted by Crippen LogP contribution is -2.34. The Morgan fingerprint density at radius 1 is 1.04 bits per heavy atom. The molecule has 6 nitrogen and oxygen atoms in total. The summed E-state index contributed by atoms with van der Waals surface area (Å²) < 4.78 is 37.7. The van der Waals surface area contributed by atoms with Crippen LogP contribution in [0.1, 0.15) is 52.9 Å². The summed E-state index contributed by atoms with van der Waals surface area (Å²) in [6.07, 6.45) is -3.17. The number of aromatic nitrogens is 2. The number of nitrogens with zero attached hydrogens (tertiary/aromatic N) is 1. The first-order valence-electron chi connectivity index (χ1n) is 8.23. The summed E-state index contributed by atoms with van der Waals surface area (Å²) in [5.41, 5.74) is -0.437. The molecule has 1 aromatic carbocycles. The van der Waals surface area contributed by atoms with Crippen LogP contribution in [0, 0.1) is 5.41 Å². The molecule has 0 saturated heterocycles. The van der Waals surface area contributed by atoms with Gasteiger partial charge in [0.2, 0.25) is 0 Å². The van der Waals surface area contributed by atoms with Crippen molar-refractivity contribution in [1.82, 2.24) is 20.6 Å². The smallest absolute Gasteiger partial charge is 0.350 e. The molecule has 3 N–H and O–H groups in total. The van der Waals surface area contributed by atoms with Gasteiger partial charge >= 0.3 is 6.18 Å². The highest BCUT2D eigenvalue weighted by atomic mass is 19.4. The van der Waals surface area contributed by atoms with Crippen molar-refractivity contribution in [2.75, 3.05) is 6.54 Å². The molecule has 2 amide bonds. The number of H-pyrrole nitrogens is 1. The van der Waals surface area contributed by atoms with Gasteiger partial charge in [0.15, 0.2) is 5.69 Å². The van der Waals surface area contributed by atoms with Gasteiger partial charge in [-0.3, -0.25) is 9.59 Å². The molecule has 0 saturated carbocycles. The van der Waals surface area contributed by atoms with E-state index in [2.05, 4.69) is 20.6 Å². The highest BCUT2D eigenvalue weighted by Gasteiger charge is 2.30. The maximum absolute atomic E-state index is 12.6. The second-order valence-electron chi connectivity index (χ2n) is 7.25. The molecule has 0 atom stereocenters. The van der Waals surface area contributed by atoms with Crippen LogP contribution in [0.2, 0.25) is 0 Å². The number of nitrogens with one attached hydrogen (secondary N) is 3. The number of carbonyl (C=O) groups is 2. The first-order valence-corrected chi connectivity index (χ1v) is 8.23. The maximum Gasteiger partial charge on any atom is 0.416 e. The van der Waals surface area contributed by atoms with Gasteiger partial charge in [0.05, 0.1) is 11.9 Å². The Hall–Kier alpha value is -2.84. The van der Waals surface area contributed by atoms with E-state index in [0.717, 1.165) is 12.1 Å². The minimum atomic E-state index is -4.41. The molecule has 0 unspecified atom stereocenters. The summed E-state index contributed by atoms with van der Waals surface area (Å²) in [4.78, 5) is 31.0. The minimum Gasteiger partial charge on any atom is -0.350 e. The molecule has 146 valence electrons. The number of imidazole rings is 1. The van der Waals surface area contributed by atoms with Crippen LogP contribution in [0.15, 0.2) is 30.6 Å². The van der Waals surface area contributed by atoms with Crippen LogP contribution in [0.5, 0.6) is 0 Å². The van der Waals surface area contributed by atoms with Gasteiger partial charge in [0, 0.05) is 13.1 Å². The molecule has 9 heteroatoms. The first kappa shape index (κ1) is 20.5. The molecule has 0 bridgehead atoms. The summed E-state index contributed by atoms with van der Waals surface area (Å²) in [7, 11) is 0. The van der Waals surface area contributed by atoms with Crippen LogP contribution in [0.25, 0.3) is 0 Å². The van der Waals surface area contributed by atoms with E-state index in [1.54, 1.807) is 0 Å². The zero-order valence-electron chi connectivity index (χ0n) is 15.2. The van der Waals surface area contributed by atoms with Crippen molar-refractivity contribution >= 4 is 11.8 Å². The van der Waals surface area contributed by atoms with Crippen molar-refractivity contribution in [2.45, 2.75) is 33.5 Å². The lowest BCUT2D eigenvalue weighted by molar-refractivity contribution is -0.137. The molecular formula is C18H21F3N4O2. The number of alkyl halides is 3. The Kier molecular flexibility index (Phi) is 5.92. The molecule has 0 fully saturated rings. The third kappa shape index (κ3) is 5.83. The number of hydrogen-bond acceptors (Lipinski definition) is 3. The van der Waals surface area contributed by atoms with Gasteiger partial charge in [-0.25, -0.2) is 4.98 Å². The number of halogens is 3. The summed E-state index contributed by atoms with van der Waals surface area (Å²) in [5.74, 6) is -1.06. The lowest BCUT2D eigenvalue weighted by Gasteiger charge is -2.18. The molecule has 0 aliphatic rings. The van der Waals surface area contributed by atoms with E-state index in [0.29, 0.717) is 12.1 Å². The topological polar surface area (TPSA) is 86.9 Å². The van der Waals surface area contributed by atoms with Gasteiger partial charge < -0.3 is 15.6 Å². The van der Waals surface area contributed by atoms with Crippen molar-refractivity contribution in [2.24, 2.45) is 5.41 Å².